The van der Waals surface area contributed by atoms with Crippen LogP contribution in [0.25, 0.3) is 0 Å². The fourth-order valence-electron chi connectivity index (χ4n) is 10.9. The number of aliphatic carboxylic acids is 1. The van der Waals surface area contributed by atoms with Crippen LogP contribution in [0.2, 0.25) is 0 Å². The molecule has 4 saturated carbocycles. The van der Waals surface area contributed by atoms with Crippen LogP contribution in [-0.2, 0) is 4.79 Å². The number of carbonyl (C=O) groups is 1. The normalized spacial score (nSPS) is 59.1. The highest BCUT2D eigenvalue weighted by atomic mass is 16.4. The molecular weight excluding hydrogens is 424 g/mol. The largest absolute Gasteiger partial charge is 0.481 e. The highest BCUT2D eigenvalue weighted by Gasteiger charge is 2.71. The van der Waals surface area contributed by atoms with Gasteiger partial charge in [-0.3, -0.25) is 4.79 Å². The lowest BCUT2D eigenvalue weighted by Gasteiger charge is -2.72. The first kappa shape index (κ1) is 24.8. The Labute approximate surface area is 206 Å². The SMILES string of the molecule is C[C@@H]1CC[C@]2(C)CC[C@]3(C)C(=C[C@@H](O)C4[C@@]5(C)CC[C@@H](O)[C@](C)(C(=O)O)C5CC[C@]43C)C2[C@H]1C. The summed E-state index contributed by atoms with van der Waals surface area (Å²) < 4.78 is 0. The first-order valence-electron chi connectivity index (χ1n) is 14.0. The molecule has 12 atom stereocenters. The third-order valence-electron chi connectivity index (χ3n) is 13.4. The molecule has 0 bridgehead atoms. The molecule has 3 unspecified atom stereocenters. The number of allylic oxidation sites excluding steroid dienone is 1. The summed E-state index contributed by atoms with van der Waals surface area (Å²) in [7, 11) is 0. The number of hydrogen-bond acceptors (Lipinski definition) is 3. The molecule has 0 aromatic rings. The smallest absolute Gasteiger partial charge is 0.312 e. The van der Waals surface area contributed by atoms with Gasteiger partial charge in [-0.2, -0.15) is 0 Å². The molecule has 4 fully saturated rings. The van der Waals surface area contributed by atoms with E-state index in [4.69, 9.17) is 0 Å². The maximum atomic E-state index is 12.5. The molecule has 0 aliphatic heterocycles. The molecule has 0 aromatic carbocycles. The molecule has 5 aliphatic rings. The molecule has 0 radical (unpaired) electrons. The van der Waals surface area contributed by atoms with Crippen molar-refractivity contribution in [3.63, 3.8) is 0 Å². The zero-order chi connectivity index (χ0) is 25.1. The summed E-state index contributed by atoms with van der Waals surface area (Å²) >= 11 is 0. The summed E-state index contributed by atoms with van der Waals surface area (Å²) in [6.45, 7) is 16.3. The van der Waals surface area contributed by atoms with E-state index < -0.39 is 23.6 Å². The standard InChI is InChI=1S/C30H48O4/c1-17-8-11-26(3)14-15-28(5)19(23(26)18(17)2)16-20(31)24-27(4)12-10-22(32)30(7,25(33)34)21(27)9-13-29(24,28)6/h16-18,20-24,31-32H,8-15H2,1-7H3,(H,33,34)/t17-,18+,20-,21?,22-,23?,24?,26-,27+,28-,29-,30-/m1/s1. The molecule has 0 saturated heterocycles. The van der Waals surface area contributed by atoms with Crippen LogP contribution in [0.5, 0.6) is 0 Å². The van der Waals surface area contributed by atoms with Crippen molar-refractivity contribution in [2.24, 2.45) is 56.7 Å². The van der Waals surface area contributed by atoms with Crippen molar-refractivity contribution in [1.82, 2.24) is 0 Å². The molecule has 0 amide bonds. The van der Waals surface area contributed by atoms with E-state index in [1.165, 1.54) is 24.8 Å². The summed E-state index contributed by atoms with van der Waals surface area (Å²) in [5.41, 5.74) is 0.317. The molecule has 4 nitrogen and oxygen atoms in total. The number of rotatable bonds is 1. The fraction of sp³-hybridized carbons (Fsp3) is 0.900. The van der Waals surface area contributed by atoms with Crippen LogP contribution in [-0.4, -0.2) is 33.5 Å². The van der Waals surface area contributed by atoms with Gasteiger partial charge in [-0.15, -0.1) is 0 Å². The van der Waals surface area contributed by atoms with Crippen LogP contribution in [0, 0.1) is 56.7 Å². The number of fused-ring (bicyclic) bond motifs is 7. The number of aliphatic hydroxyl groups is 2. The Morgan fingerprint density at radius 1 is 0.912 bits per heavy atom. The molecule has 34 heavy (non-hydrogen) atoms. The minimum absolute atomic E-state index is 0.0133. The van der Waals surface area contributed by atoms with Crippen molar-refractivity contribution in [3.8, 4) is 0 Å². The van der Waals surface area contributed by atoms with Gasteiger partial charge in [-0.05, 0) is 104 Å². The van der Waals surface area contributed by atoms with E-state index in [0.29, 0.717) is 29.6 Å². The predicted octanol–water partition coefficient (Wildman–Crippen LogP) is 6.06. The quantitative estimate of drug-likeness (QED) is 0.405. The molecular formula is C30H48O4. The fourth-order valence-corrected chi connectivity index (χ4v) is 10.9. The zero-order valence-electron chi connectivity index (χ0n) is 22.5. The van der Waals surface area contributed by atoms with Crippen LogP contribution in [0.1, 0.15) is 99.8 Å². The van der Waals surface area contributed by atoms with Crippen molar-refractivity contribution >= 4 is 5.97 Å². The Morgan fingerprint density at radius 2 is 1.59 bits per heavy atom. The number of carboxylic acids is 1. The van der Waals surface area contributed by atoms with Gasteiger partial charge in [0.2, 0.25) is 0 Å². The Balaban J connectivity index is 1.64. The molecule has 4 heteroatoms. The van der Waals surface area contributed by atoms with Crippen molar-refractivity contribution in [1.29, 1.82) is 0 Å². The molecule has 5 rings (SSSR count). The van der Waals surface area contributed by atoms with Crippen LogP contribution in [0.4, 0.5) is 0 Å². The van der Waals surface area contributed by atoms with Gasteiger partial charge in [0.15, 0.2) is 0 Å². The molecule has 5 aliphatic carbocycles. The van der Waals surface area contributed by atoms with Crippen LogP contribution < -0.4 is 0 Å². The summed E-state index contributed by atoms with van der Waals surface area (Å²) in [5.74, 6) is 0.836. The molecule has 0 heterocycles. The minimum atomic E-state index is -1.16. The monoisotopic (exact) mass is 472 g/mol. The lowest BCUT2D eigenvalue weighted by atomic mass is 9.33. The van der Waals surface area contributed by atoms with Crippen molar-refractivity contribution < 1.29 is 20.1 Å². The van der Waals surface area contributed by atoms with Gasteiger partial charge in [-0.25, -0.2) is 0 Å². The second-order valence-electron chi connectivity index (χ2n) is 14.6. The molecule has 0 aromatic heterocycles. The van der Waals surface area contributed by atoms with Gasteiger partial charge >= 0.3 is 5.97 Å². The maximum Gasteiger partial charge on any atom is 0.312 e. The van der Waals surface area contributed by atoms with Crippen molar-refractivity contribution in [2.45, 2.75) is 112 Å². The van der Waals surface area contributed by atoms with Crippen molar-refractivity contribution in [2.75, 3.05) is 0 Å². The van der Waals surface area contributed by atoms with E-state index >= 15 is 0 Å². The first-order valence-corrected chi connectivity index (χ1v) is 14.0. The average Bonchev–Trinajstić information content (AvgIpc) is 2.75. The summed E-state index contributed by atoms with van der Waals surface area (Å²) in [4.78, 5) is 12.5. The first-order chi connectivity index (χ1) is 15.7. The maximum absolute atomic E-state index is 12.5. The van der Waals surface area contributed by atoms with Gasteiger partial charge in [0.1, 0.15) is 0 Å². The lowest BCUT2D eigenvalue weighted by Crippen LogP contribution is -2.68. The van der Waals surface area contributed by atoms with Gasteiger partial charge in [0.05, 0.1) is 17.6 Å². The van der Waals surface area contributed by atoms with E-state index in [1.807, 2.05) is 0 Å². The minimum Gasteiger partial charge on any atom is -0.481 e. The van der Waals surface area contributed by atoms with E-state index in [0.717, 1.165) is 25.7 Å². The van der Waals surface area contributed by atoms with Gasteiger partial charge in [0, 0.05) is 5.92 Å². The topological polar surface area (TPSA) is 77.8 Å². The number of aliphatic hydroxyl groups excluding tert-OH is 2. The molecule has 192 valence electrons. The second-order valence-corrected chi connectivity index (χ2v) is 14.6. The van der Waals surface area contributed by atoms with E-state index in [-0.39, 0.29) is 28.1 Å². The van der Waals surface area contributed by atoms with Gasteiger partial charge in [0.25, 0.3) is 0 Å². The highest BCUT2D eigenvalue weighted by Crippen LogP contribution is 2.75. The second kappa shape index (κ2) is 7.34. The Morgan fingerprint density at radius 3 is 2.24 bits per heavy atom. The third kappa shape index (κ3) is 2.76. The Bertz CT molecular complexity index is 911. The van der Waals surface area contributed by atoms with E-state index in [9.17, 15) is 20.1 Å². The summed E-state index contributed by atoms with van der Waals surface area (Å²) in [6, 6.07) is 0. The summed E-state index contributed by atoms with van der Waals surface area (Å²) in [6.07, 6.45) is 8.88. The van der Waals surface area contributed by atoms with Crippen molar-refractivity contribution in [3.05, 3.63) is 11.6 Å². The average molecular weight is 473 g/mol. The lowest BCUT2D eigenvalue weighted by molar-refractivity contribution is -0.233. The molecule has 3 N–H and O–H groups in total. The van der Waals surface area contributed by atoms with E-state index in [1.54, 1.807) is 6.92 Å². The number of hydrogen-bond donors (Lipinski definition) is 3. The Hall–Kier alpha value is -0.870. The Kier molecular flexibility index (Phi) is 5.36. The third-order valence-corrected chi connectivity index (χ3v) is 13.4. The molecule has 0 spiro atoms. The predicted molar refractivity (Wildman–Crippen MR) is 134 cm³/mol. The highest BCUT2D eigenvalue weighted by molar-refractivity contribution is 5.76. The number of carboxylic acid groups (broad SMARTS) is 1. The van der Waals surface area contributed by atoms with Gasteiger partial charge in [-0.1, -0.05) is 53.2 Å². The van der Waals surface area contributed by atoms with E-state index in [2.05, 4.69) is 47.6 Å². The van der Waals surface area contributed by atoms with Gasteiger partial charge < -0.3 is 15.3 Å². The summed E-state index contributed by atoms with van der Waals surface area (Å²) in [5, 5.41) is 33.1. The van der Waals surface area contributed by atoms with Crippen LogP contribution in [0.3, 0.4) is 0 Å². The van der Waals surface area contributed by atoms with Crippen LogP contribution >= 0.6 is 0 Å². The van der Waals surface area contributed by atoms with Crippen LogP contribution in [0.15, 0.2) is 11.6 Å². The zero-order valence-corrected chi connectivity index (χ0v) is 22.5.